The van der Waals surface area contributed by atoms with Crippen molar-refractivity contribution in [1.82, 2.24) is 9.55 Å². The Morgan fingerprint density at radius 3 is 2.87 bits per heavy atom. The molecule has 0 saturated heterocycles. The minimum atomic E-state index is 0.0213. The molecule has 0 aliphatic carbocycles. The van der Waals surface area contributed by atoms with E-state index >= 15 is 0 Å². The van der Waals surface area contributed by atoms with Crippen molar-refractivity contribution in [3.8, 4) is 0 Å². The number of benzene rings is 1. The first kappa shape index (κ1) is 10.4. The number of halogens is 1. The van der Waals surface area contributed by atoms with Gasteiger partial charge in [0.2, 0.25) is 5.78 Å². The van der Waals surface area contributed by atoms with Gasteiger partial charge in [0, 0.05) is 6.54 Å². The molecule has 0 bridgehead atoms. The van der Waals surface area contributed by atoms with Crippen LogP contribution in [-0.2, 0) is 6.54 Å². The van der Waals surface area contributed by atoms with Gasteiger partial charge in [0.1, 0.15) is 0 Å². The largest absolute Gasteiger partial charge is 0.322 e. The molecule has 2 rings (SSSR count). The highest BCUT2D eigenvalue weighted by Crippen LogP contribution is 2.16. The zero-order chi connectivity index (χ0) is 10.8. The lowest BCUT2D eigenvalue weighted by atomic mass is 10.3. The van der Waals surface area contributed by atoms with Gasteiger partial charge in [-0.1, -0.05) is 28.1 Å². The lowest BCUT2D eigenvalue weighted by Crippen LogP contribution is -2.10. The number of carbonyl (C=O) groups excluding carboxylic acids is 1. The fourth-order valence-corrected chi connectivity index (χ4v) is 1.92. The third-order valence-electron chi connectivity index (χ3n) is 2.34. The quantitative estimate of drug-likeness (QED) is 0.633. The number of fused-ring (bicyclic) bond motifs is 1. The van der Waals surface area contributed by atoms with Gasteiger partial charge in [-0.2, -0.15) is 0 Å². The second kappa shape index (κ2) is 4.14. The Morgan fingerprint density at radius 1 is 1.47 bits per heavy atom. The summed E-state index contributed by atoms with van der Waals surface area (Å²) in [6, 6.07) is 7.79. The van der Waals surface area contributed by atoms with E-state index in [1.165, 1.54) is 0 Å². The van der Waals surface area contributed by atoms with Crippen LogP contribution in [0, 0.1) is 0 Å². The van der Waals surface area contributed by atoms with Crippen molar-refractivity contribution in [3.05, 3.63) is 30.1 Å². The molecule has 0 aliphatic heterocycles. The summed E-state index contributed by atoms with van der Waals surface area (Å²) in [6.07, 6.45) is 0. The second-order valence-corrected chi connectivity index (χ2v) is 3.79. The maximum Gasteiger partial charge on any atom is 0.208 e. The van der Waals surface area contributed by atoms with E-state index in [9.17, 15) is 4.79 Å². The summed E-state index contributed by atoms with van der Waals surface area (Å²) in [7, 11) is 0. The average Bonchev–Trinajstić information content (AvgIpc) is 2.66. The van der Waals surface area contributed by atoms with Crippen LogP contribution in [0.15, 0.2) is 24.3 Å². The van der Waals surface area contributed by atoms with E-state index in [0.29, 0.717) is 11.2 Å². The van der Waals surface area contributed by atoms with E-state index in [-0.39, 0.29) is 5.78 Å². The minimum Gasteiger partial charge on any atom is -0.322 e. The first-order valence-corrected chi connectivity index (χ1v) is 5.94. The van der Waals surface area contributed by atoms with Crippen molar-refractivity contribution in [1.29, 1.82) is 0 Å². The highest BCUT2D eigenvalue weighted by Gasteiger charge is 2.14. The van der Waals surface area contributed by atoms with Gasteiger partial charge in [-0.3, -0.25) is 4.79 Å². The van der Waals surface area contributed by atoms with Crippen LogP contribution in [0.25, 0.3) is 11.0 Å². The Kier molecular flexibility index (Phi) is 2.86. The van der Waals surface area contributed by atoms with Gasteiger partial charge in [-0.05, 0) is 19.1 Å². The van der Waals surface area contributed by atoms with Crippen LogP contribution in [0.1, 0.15) is 17.5 Å². The molecule has 0 unspecified atom stereocenters. The number of hydrogen-bond acceptors (Lipinski definition) is 2. The van der Waals surface area contributed by atoms with E-state index in [4.69, 9.17) is 0 Å². The smallest absolute Gasteiger partial charge is 0.208 e. The van der Waals surface area contributed by atoms with E-state index in [0.717, 1.165) is 17.6 Å². The Balaban J connectivity index is 2.69. The van der Waals surface area contributed by atoms with Crippen LogP contribution >= 0.6 is 15.9 Å². The topological polar surface area (TPSA) is 34.9 Å². The SMILES string of the molecule is CCn1c(C(=O)CBr)nc2ccccc21. The zero-order valence-corrected chi connectivity index (χ0v) is 9.99. The van der Waals surface area contributed by atoms with Crippen molar-refractivity contribution in [2.45, 2.75) is 13.5 Å². The van der Waals surface area contributed by atoms with Gasteiger partial charge in [0.15, 0.2) is 5.82 Å². The molecule has 0 spiro atoms. The van der Waals surface area contributed by atoms with Crippen LogP contribution < -0.4 is 0 Å². The number of imidazole rings is 1. The number of ketones is 1. The fraction of sp³-hybridized carbons (Fsp3) is 0.273. The molecule has 4 heteroatoms. The molecular weight excluding hydrogens is 256 g/mol. The normalized spacial score (nSPS) is 10.8. The predicted octanol–water partition coefficient (Wildman–Crippen LogP) is 2.63. The van der Waals surface area contributed by atoms with Crippen molar-refractivity contribution in [2.24, 2.45) is 0 Å². The summed E-state index contributed by atoms with van der Waals surface area (Å²) >= 11 is 3.17. The molecule has 1 heterocycles. The molecule has 78 valence electrons. The van der Waals surface area contributed by atoms with E-state index < -0.39 is 0 Å². The van der Waals surface area contributed by atoms with Crippen LogP contribution in [0.3, 0.4) is 0 Å². The number of rotatable bonds is 3. The monoisotopic (exact) mass is 266 g/mol. The van der Waals surface area contributed by atoms with Crippen molar-refractivity contribution in [2.75, 3.05) is 5.33 Å². The zero-order valence-electron chi connectivity index (χ0n) is 8.40. The van der Waals surface area contributed by atoms with Gasteiger partial charge in [0.25, 0.3) is 0 Å². The van der Waals surface area contributed by atoms with Crippen molar-refractivity contribution >= 4 is 32.7 Å². The number of carbonyl (C=O) groups is 1. The van der Waals surface area contributed by atoms with Crippen LogP contribution in [0.4, 0.5) is 0 Å². The molecule has 1 aromatic carbocycles. The molecule has 0 atom stereocenters. The Hall–Kier alpha value is -1.16. The molecule has 3 nitrogen and oxygen atoms in total. The second-order valence-electron chi connectivity index (χ2n) is 3.23. The van der Waals surface area contributed by atoms with Crippen molar-refractivity contribution in [3.63, 3.8) is 0 Å². The third-order valence-corrected chi connectivity index (χ3v) is 2.85. The number of aromatic nitrogens is 2. The van der Waals surface area contributed by atoms with Crippen LogP contribution in [0.5, 0.6) is 0 Å². The summed E-state index contributed by atoms with van der Waals surface area (Å²) < 4.78 is 1.94. The van der Waals surface area contributed by atoms with Gasteiger partial charge >= 0.3 is 0 Å². The number of nitrogens with zero attached hydrogens (tertiary/aromatic N) is 2. The number of Topliss-reactive ketones (excluding diaryl/α,β-unsaturated/α-hetero) is 1. The molecule has 2 aromatic rings. The molecule has 1 aromatic heterocycles. The maximum atomic E-state index is 11.6. The molecular formula is C11H11BrN2O. The molecule has 15 heavy (non-hydrogen) atoms. The number of para-hydroxylation sites is 2. The molecule has 0 aliphatic rings. The standard InChI is InChI=1S/C11H11BrN2O/c1-2-14-9-6-4-3-5-8(9)13-11(14)10(15)7-12/h3-6H,2,7H2,1H3. The van der Waals surface area contributed by atoms with E-state index in [1.807, 2.05) is 35.8 Å². The van der Waals surface area contributed by atoms with Crippen LogP contribution in [-0.4, -0.2) is 20.7 Å². The molecule has 0 amide bonds. The predicted molar refractivity (Wildman–Crippen MR) is 63.5 cm³/mol. The number of aryl methyl sites for hydroxylation is 1. The third kappa shape index (κ3) is 1.69. The maximum absolute atomic E-state index is 11.6. The van der Waals surface area contributed by atoms with Crippen molar-refractivity contribution < 1.29 is 4.79 Å². The molecule has 0 saturated carbocycles. The average molecular weight is 267 g/mol. The summed E-state index contributed by atoms with van der Waals surface area (Å²) in [6.45, 7) is 2.77. The summed E-state index contributed by atoms with van der Waals surface area (Å²) in [5.74, 6) is 0.559. The minimum absolute atomic E-state index is 0.0213. The number of alkyl halides is 1. The van der Waals surface area contributed by atoms with Gasteiger partial charge in [0.05, 0.1) is 16.4 Å². The Bertz CT molecular complexity index is 504. The van der Waals surface area contributed by atoms with E-state index in [1.54, 1.807) is 0 Å². The van der Waals surface area contributed by atoms with Gasteiger partial charge in [-0.25, -0.2) is 4.98 Å². The van der Waals surface area contributed by atoms with Gasteiger partial charge < -0.3 is 4.57 Å². The molecule has 0 radical (unpaired) electrons. The highest BCUT2D eigenvalue weighted by molar-refractivity contribution is 9.09. The Labute approximate surface area is 96.2 Å². The van der Waals surface area contributed by atoms with E-state index in [2.05, 4.69) is 20.9 Å². The Morgan fingerprint density at radius 2 is 2.20 bits per heavy atom. The summed E-state index contributed by atoms with van der Waals surface area (Å²) in [5, 5.41) is 0.316. The molecule has 0 fully saturated rings. The fourth-order valence-electron chi connectivity index (χ4n) is 1.67. The molecule has 0 N–H and O–H groups in total. The lowest BCUT2D eigenvalue weighted by molar-refractivity contribution is 0.101. The first-order chi connectivity index (χ1) is 7.27. The summed E-state index contributed by atoms with van der Waals surface area (Å²) in [4.78, 5) is 16.0. The number of hydrogen-bond donors (Lipinski definition) is 0. The summed E-state index contributed by atoms with van der Waals surface area (Å²) in [5.41, 5.74) is 1.90. The highest BCUT2D eigenvalue weighted by atomic mass is 79.9. The van der Waals surface area contributed by atoms with Crippen LogP contribution in [0.2, 0.25) is 0 Å². The first-order valence-electron chi connectivity index (χ1n) is 4.82. The van der Waals surface area contributed by atoms with Gasteiger partial charge in [-0.15, -0.1) is 0 Å². The lowest BCUT2D eigenvalue weighted by Gasteiger charge is -2.02.